The first-order valence-electron chi connectivity index (χ1n) is 8.84. The molecule has 0 nitrogen and oxygen atoms in total. The largest absolute Gasteiger partial charge is 0.125 e. The molecule has 0 spiro atoms. The minimum Gasteiger partial charge on any atom is -0.125 e. The van der Waals surface area contributed by atoms with Crippen molar-refractivity contribution in [2.24, 2.45) is 17.8 Å². The summed E-state index contributed by atoms with van der Waals surface area (Å²) in [5.41, 5.74) is 4.77. The molecular weight excluding hydrogens is 252 g/mol. The second kappa shape index (κ2) is 12.7. The molecule has 2 unspecified atom stereocenters. The highest BCUT2D eigenvalue weighted by Crippen LogP contribution is 2.21. The lowest BCUT2D eigenvalue weighted by molar-refractivity contribution is 0.469. The van der Waals surface area contributed by atoms with Gasteiger partial charge < -0.3 is 0 Å². The molecule has 0 aliphatic carbocycles. The van der Waals surface area contributed by atoms with Crippen LogP contribution < -0.4 is 0 Å². The van der Waals surface area contributed by atoms with Crippen LogP contribution in [0.15, 0.2) is 41.7 Å². The Hall–Kier alpha value is -1.00. The van der Waals surface area contributed by atoms with Gasteiger partial charge >= 0.3 is 0 Å². The zero-order chi connectivity index (χ0) is 16.1. The molecule has 0 bridgehead atoms. The van der Waals surface area contributed by atoms with E-state index < -0.39 is 0 Å². The summed E-state index contributed by atoms with van der Waals surface area (Å²) in [6.45, 7) is 13.5. The molecule has 21 heavy (non-hydrogen) atoms. The topological polar surface area (TPSA) is 0 Å². The molecule has 0 aromatic rings. The van der Waals surface area contributed by atoms with Gasteiger partial charge in [0.1, 0.15) is 0 Å². The van der Waals surface area contributed by atoms with Crippen LogP contribution in [-0.4, -0.2) is 0 Å². The van der Waals surface area contributed by atoms with Crippen molar-refractivity contribution in [2.45, 2.75) is 73.6 Å². The summed E-state index contributed by atoms with van der Waals surface area (Å²) in [4.78, 5) is 0. The number of hydrogen-bond donors (Lipinski definition) is 0. The van der Waals surface area contributed by atoms with Gasteiger partial charge in [-0.25, -0.2) is 0 Å². The monoisotopic (exact) mass is 288 g/mol. The number of allylic oxidation sites excluding steroid dienone is 5. The molecule has 0 aliphatic rings. The third-order valence-electron chi connectivity index (χ3n) is 3.83. The minimum atomic E-state index is 0.483. The molecule has 0 heterocycles. The van der Waals surface area contributed by atoms with E-state index >= 15 is 0 Å². The average molecular weight is 289 g/mol. The van der Waals surface area contributed by atoms with E-state index in [4.69, 9.17) is 0 Å². The molecule has 0 saturated carbocycles. The second-order valence-electron chi connectivity index (χ2n) is 6.35. The number of hydrogen-bond acceptors (Lipinski definition) is 0. The van der Waals surface area contributed by atoms with Crippen LogP contribution in [0.3, 0.4) is 0 Å². The van der Waals surface area contributed by atoms with Gasteiger partial charge in [0, 0.05) is 0 Å². The van der Waals surface area contributed by atoms with Crippen molar-refractivity contribution in [1.82, 2.24) is 0 Å². The normalized spacial score (nSPS) is 15.1. The van der Waals surface area contributed by atoms with E-state index in [1.807, 2.05) is 0 Å². The predicted molar refractivity (Wildman–Crippen MR) is 97.5 cm³/mol. The van der Waals surface area contributed by atoms with E-state index in [0.29, 0.717) is 11.8 Å². The molecule has 0 radical (unpaired) electrons. The molecule has 0 rings (SSSR count). The minimum absolute atomic E-state index is 0.483. The van der Waals surface area contributed by atoms with Crippen molar-refractivity contribution in [2.75, 3.05) is 0 Å². The summed E-state index contributed by atoms with van der Waals surface area (Å²) < 4.78 is 0. The fraction of sp³-hybridized carbons (Fsp3) is 0.667. The van der Waals surface area contributed by atoms with Crippen molar-refractivity contribution in [3.63, 3.8) is 0 Å². The third kappa shape index (κ3) is 10.4. The lowest BCUT2D eigenvalue weighted by atomic mass is 9.92. The van der Waals surface area contributed by atoms with E-state index in [1.165, 1.54) is 31.3 Å². The van der Waals surface area contributed by atoms with Gasteiger partial charge in [-0.05, 0) is 48.3 Å². The molecular formula is C21H36. The first kappa shape index (κ1) is 20.0. The quantitative estimate of drug-likeness (QED) is 0.228. The highest BCUT2D eigenvalue weighted by molar-refractivity contribution is 5.24. The highest BCUT2D eigenvalue weighted by atomic mass is 14.1. The molecule has 0 fully saturated rings. The summed E-state index contributed by atoms with van der Waals surface area (Å²) in [7, 11) is 0. The lowest BCUT2D eigenvalue weighted by Crippen LogP contribution is -1.99. The molecule has 0 N–H and O–H groups in total. The SMILES string of the molecule is CCC=CC(C)C(C=C=CC(C)C)=CCC(CC)CCC. The maximum atomic E-state index is 3.36. The maximum Gasteiger partial charge on any atom is -0.000749 e. The fourth-order valence-electron chi connectivity index (χ4n) is 2.36. The van der Waals surface area contributed by atoms with Crippen LogP contribution in [-0.2, 0) is 0 Å². The Morgan fingerprint density at radius 1 is 1.10 bits per heavy atom. The van der Waals surface area contributed by atoms with E-state index in [0.717, 1.165) is 12.3 Å². The summed E-state index contributed by atoms with van der Waals surface area (Å²) in [6.07, 6.45) is 17.6. The molecule has 0 aromatic carbocycles. The van der Waals surface area contributed by atoms with Crippen LogP contribution in [0, 0.1) is 17.8 Å². The van der Waals surface area contributed by atoms with Gasteiger partial charge in [-0.3, -0.25) is 0 Å². The molecule has 0 amide bonds. The van der Waals surface area contributed by atoms with Gasteiger partial charge in [0.25, 0.3) is 0 Å². The van der Waals surface area contributed by atoms with E-state index in [1.54, 1.807) is 0 Å². The highest BCUT2D eigenvalue weighted by Gasteiger charge is 2.06. The van der Waals surface area contributed by atoms with Crippen molar-refractivity contribution < 1.29 is 0 Å². The third-order valence-corrected chi connectivity index (χ3v) is 3.83. The zero-order valence-electron chi connectivity index (χ0n) is 15.2. The maximum absolute atomic E-state index is 3.36. The molecule has 2 atom stereocenters. The van der Waals surface area contributed by atoms with Gasteiger partial charge in [-0.1, -0.05) is 79.0 Å². The molecule has 0 aromatic heterocycles. The van der Waals surface area contributed by atoms with Gasteiger partial charge in [0.05, 0.1) is 0 Å². The van der Waals surface area contributed by atoms with Crippen LogP contribution in [0.25, 0.3) is 0 Å². The molecule has 0 heteroatoms. The number of rotatable bonds is 10. The van der Waals surface area contributed by atoms with Crippen molar-refractivity contribution in [1.29, 1.82) is 0 Å². The summed E-state index contributed by atoms with van der Waals surface area (Å²) in [6, 6.07) is 0. The first-order valence-corrected chi connectivity index (χ1v) is 8.84. The fourth-order valence-corrected chi connectivity index (χ4v) is 2.36. The zero-order valence-corrected chi connectivity index (χ0v) is 15.2. The standard InChI is InChI=1S/C21H36/c1-7-10-14-19(6)21(15-11-13-18(4)5)17-16-20(9-3)12-8-2/h10,13-15,17-20H,7-9,12,16H2,1-6H3. The Balaban J connectivity index is 5.01. The Bertz CT molecular complexity index is 361. The second-order valence-corrected chi connectivity index (χ2v) is 6.35. The van der Waals surface area contributed by atoms with E-state index in [-0.39, 0.29) is 0 Å². The molecule has 120 valence electrons. The van der Waals surface area contributed by atoms with E-state index in [2.05, 4.69) is 77.7 Å². The predicted octanol–water partition coefficient (Wildman–Crippen LogP) is 7.10. The van der Waals surface area contributed by atoms with Crippen LogP contribution in [0.2, 0.25) is 0 Å². The Morgan fingerprint density at radius 2 is 1.81 bits per heavy atom. The summed E-state index contributed by atoms with van der Waals surface area (Å²) in [5, 5.41) is 0. The lowest BCUT2D eigenvalue weighted by Gasteiger charge is -2.13. The van der Waals surface area contributed by atoms with Crippen molar-refractivity contribution >= 4 is 0 Å². The van der Waals surface area contributed by atoms with Gasteiger partial charge in [-0.2, -0.15) is 0 Å². The van der Waals surface area contributed by atoms with Crippen molar-refractivity contribution in [3.8, 4) is 0 Å². The van der Waals surface area contributed by atoms with Gasteiger partial charge in [0.15, 0.2) is 0 Å². The molecule has 0 saturated heterocycles. The molecule has 0 aliphatic heterocycles. The summed E-state index contributed by atoms with van der Waals surface area (Å²) in [5.74, 6) is 1.87. The Labute approximate surface area is 133 Å². The van der Waals surface area contributed by atoms with Crippen LogP contribution >= 0.6 is 0 Å². The van der Waals surface area contributed by atoms with Gasteiger partial charge in [0.2, 0.25) is 0 Å². The van der Waals surface area contributed by atoms with Crippen LogP contribution in [0.4, 0.5) is 0 Å². The first-order chi connectivity index (χ1) is 10.0. The van der Waals surface area contributed by atoms with Gasteiger partial charge in [-0.15, -0.1) is 5.73 Å². The average Bonchev–Trinajstić information content (AvgIpc) is 2.46. The van der Waals surface area contributed by atoms with Crippen LogP contribution in [0.1, 0.15) is 73.6 Å². The Kier molecular flexibility index (Phi) is 12.1. The van der Waals surface area contributed by atoms with E-state index in [9.17, 15) is 0 Å². The Morgan fingerprint density at radius 3 is 2.33 bits per heavy atom. The smallest absolute Gasteiger partial charge is 0.000749 e. The van der Waals surface area contributed by atoms with Crippen LogP contribution in [0.5, 0.6) is 0 Å². The summed E-state index contributed by atoms with van der Waals surface area (Å²) >= 11 is 0. The van der Waals surface area contributed by atoms with Crippen molar-refractivity contribution in [3.05, 3.63) is 41.7 Å².